The summed E-state index contributed by atoms with van der Waals surface area (Å²) in [5, 5.41) is 1.47. The normalized spacial score (nSPS) is 26.6. The fourth-order valence-corrected chi connectivity index (χ4v) is 0.996. The number of nitrogens with one attached hydrogen (secondary N) is 1. The van der Waals surface area contributed by atoms with Crippen molar-refractivity contribution >= 4 is 23.9 Å². The number of carbonyl (C=O) groups excluding carboxylic acids is 2. The fraction of sp³-hybridized carbons (Fsp3) is 0.500. The summed E-state index contributed by atoms with van der Waals surface area (Å²) in [5.74, 6) is -0.709. The van der Waals surface area contributed by atoms with E-state index >= 15 is 0 Å². The molecular formula is C4H5NO3S. The molecule has 1 heterocycles. The number of carbonyl (C=O) groups is 2. The van der Waals surface area contributed by atoms with E-state index in [0.29, 0.717) is 12.0 Å². The molecule has 0 spiro atoms. The molecule has 1 aliphatic rings. The van der Waals surface area contributed by atoms with E-state index in [1.165, 1.54) is 0 Å². The van der Waals surface area contributed by atoms with Crippen LogP contribution in [0.15, 0.2) is 0 Å². The van der Waals surface area contributed by atoms with Crippen LogP contribution >= 0.6 is 12.0 Å². The van der Waals surface area contributed by atoms with Crippen LogP contribution in [0.5, 0.6) is 0 Å². The summed E-state index contributed by atoms with van der Waals surface area (Å²) in [7, 11) is 0. The molecule has 0 bridgehead atoms. The molecule has 5 heteroatoms. The highest BCUT2D eigenvalue weighted by Crippen LogP contribution is 2.14. The van der Waals surface area contributed by atoms with Gasteiger partial charge in [0.05, 0.1) is 6.42 Å². The maximum Gasteiger partial charge on any atom is 0.242 e. The summed E-state index contributed by atoms with van der Waals surface area (Å²) in [4.78, 5) is 20.9. The SMILES string of the molecule is O=C1CC(SO)C(=O)N1. The molecule has 0 aromatic carbocycles. The third-order valence-corrected chi connectivity index (χ3v) is 1.69. The lowest BCUT2D eigenvalue weighted by molar-refractivity contribution is -0.124. The number of rotatable bonds is 1. The molecule has 0 aromatic heterocycles. The molecule has 2 amide bonds. The highest BCUT2D eigenvalue weighted by atomic mass is 32.2. The maximum absolute atomic E-state index is 10.5. The topological polar surface area (TPSA) is 66.4 Å². The summed E-state index contributed by atoms with van der Waals surface area (Å²) in [5.41, 5.74) is 0. The fourth-order valence-electron chi connectivity index (χ4n) is 0.615. The molecule has 50 valence electrons. The standard InChI is InChI=1S/C4H5NO3S/c6-3-1-2(9-8)4(7)5-3/h2,8H,1H2,(H,5,6,7). The summed E-state index contributed by atoms with van der Waals surface area (Å²) in [6.45, 7) is 0. The molecule has 0 aromatic rings. The third kappa shape index (κ3) is 1.22. The van der Waals surface area contributed by atoms with Gasteiger partial charge < -0.3 is 4.55 Å². The smallest absolute Gasteiger partial charge is 0.242 e. The van der Waals surface area contributed by atoms with Crippen molar-refractivity contribution in [1.82, 2.24) is 5.32 Å². The average molecular weight is 147 g/mol. The second kappa shape index (κ2) is 2.36. The van der Waals surface area contributed by atoms with Gasteiger partial charge in [0.2, 0.25) is 11.8 Å². The van der Waals surface area contributed by atoms with Gasteiger partial charge in [0.1, 0.15) is 5.25 Å². The molecule has 1 fully saturated rings. The molecule has 0 radical (unpaired) electrons. The van der Waals surface area contributed by atoms with E-state index in [-0.39, 0.29) is 12.3 Å². The predicted octanol–water partition coefficient (Wildman–Crippen LogP) is -0.392. The second-order valence-corrected chi connectivity index (χ2v) is 2.49. The van der Waals surface area contributed by atoms with Gasteiger partial charge in [0.15, 0.2) is 0 Å². The van der Waals surface area contributed by atoms with Crippen LogP contribution in [0.2, 0.25) is 0 Å². The van der Waals surface area contributed by atoms with Crippen molar-refractivity contribution in [3.8, 4) is 0 Å². The van der Waals surface area contributed by atoms with E-state index in [9.17, 15) is 9.59 Å². The minimum Gasteiger partial charge on any atom is -0.329 e. The van der Waals surface area contributed by atoms with Crippen LogP contribution in [-0.4, -0.2) is 21.6 Å². The lowest BCUT2D eigenvalue weighted by Crippen LogP contribution is -2.22. The molecule has 1 atom stereocenters. The van der Waals surface area contributed by atoms with Gasteiger partial charge in [-0.05, 0) is 0 Å². The monoisotopic (exact) mass is 147 g/mol. The number of imide groups is 1. The number of hydrogen-bond donors (Lipinski definition) is 2. The van der Waals surface area contributed by atoms with E-state index in [4.69, 9.17) is 4.55 Å². The first-order valence-corrected chi connectivity index (χ1v) is 3.21. The van der Waals surface area contributed by atoms with Crippen molar-refractivity contribution in [1.29, 1.82) is 0 Å². The van der Waals surface area contributed by atoms with Crippen molar-refractivity contribution in [2.45, 2.75) is 11.7 Å². The second-order valence-electron chi connectivity index (χ2n) is 1.71. The maximum atomic E-state index is 10.5. The molecule has 1 aliphatic heterocycles. The van der Waals surface area contributed by atoms with Gasteiger partial charge >= 0.3 is 0 Å². The molecular weight excluding hydrogens is 142 g/mol. The first-order valence-electron chi connectivity index (χ1n) is 2.38. The molecule has 9 heavy (non-hydrogen) atoms. The molecule has 1 rings (SSSR count). The van der Waals surface area contributed by atoms with Crippen molar-refractivity contribution in [2.75, 3.05) is 0 Å². The summed E-state index contributed by atoms with van der Waals surface area (Å²) >= 11 is 0.411. The molecule has 4 nitrogen and oxygen atoms in total. The number of hydrogen-bond acceptors (Lipinski definition) is 4. The van der Waals surface area contributed by atoms with Gasteiger partial charge in [-0.15, -0.1) is 0 Å². The van der Waals surface area contributed by atoms with E-state index in [1.54, 1.807) is 0 Å². The third-order valence-electron chi connectivity index (χ3n) is 1.05. The van der Waals surface area contributed by atoms with Crippen molar-refractivity contribution in [3.05, 3.63) is 0 Å². The van der Waals surface area contributed by atoms with Crippen molar-refractivity contribution in [2.24, 2.45) is 0 Å². The van der Waals surface area contributed by atoms with Gasteiger partial charge in [-0.3, -0.25) is 14.9 Å². The van der Waals surface area contributed by atoms with E-state index < -0.39 is 11.2 Å². The lowest BCUT2D eigenvalue weighted by atomic mass is 10.4. The van der Waals surface area contributed by atoms with Crippen LogP contribution in [0.1, 0.15) is 6.42 Å². The van der Waals surface area contributed by atoms with Crippen LogP contribution in [0.3, 0.4) is 0 Å². The van der Waals surface area contributed by atoms with Crippen LogP contribution < -0.4 is 5.32 Å². The Morgan fingerprint density at radius 1 is 1.67 bits per heavy atom. The van der Waals surface area contributed by atoms with Gasteiger partial charge in [0.25, 0.3) is 0 Å². The van der Waals surface area contributed by atoms with E-state index in [2.05, 4.69) is 5.32 Å². The van der Waals surface area contributed by atoms with E-state index in [0.717, 1.165) is 0 Å². The van der Waals surface area contributed by atoms with Crippen molar-refractivity contribution in [3.63, 3.8) is 0 Å². The molecule has 0 aliphatic carbocycles. The molecule has 2 N–H and O–H groups in total. The summed E-state index contributed by atoms with van der Waals surface area (Å²) < 4.78 is 8.36. The zero-order chi connectivity index (χ0) is 6.85. The summed E-state index contributed by atoms with van der Waals surface area (Å²) in [6.07, 6.45) is 0.0972. The predicted molar refractivity (Wildman–Crippen MR) is 31.8 cm³/mol. The number of amides is 2. The largest absolute Gasteiger partial charge is 0.329 e. The Kier molecular flexibility index (Phi) is 1.73. The van der Waals surface area contributed by atoms with E-state index in [1.807, 2.05) is 0 Å². The van der Waals surface area contributed by atoms with Crippen LogP contribution in [0, 0.1) is 0 Å². The Hall–Kier alpha value is -0.550. The summed E-state index contributed by atoms with van der Waals surface area (Å²) in [6, 6.07) is 0. The Balaban J connectivity index is 2.58. The molecule has 1 unspecified atom stereocenters. The van der Waals surface area contributed by atoms with Crippen LogP contribution in [-0.2, 0) is 9.59 Å². The Morgan fingerprint density at radius 2 is 2.33 bits per heavy atom. The highest BCUT2D eigenvalue weighted by molar-refractivity contribution is 7.95. The van der Waals surface area contributed by atoms with Crippen LogP contribution in [0.4, 0.5) is 0 Å². The molecule has 1 saturated heterocycles. The molecule has 0 saturated carbocycles. The lowest BCUT2D eigenvalue weighted by Gasteiger charge is -1.93. The minimum atomic E-state index is -0.586. The van der Waals surface area contributed by atoms with Gasteiger partial charge in [0, 0.05) is 12.0 Å². The minimum absolute atomic E-state index is 0.0972. The Labute approximate surface area is 55.8 Å². The van der Waals surface area contributed by atoms with Crippen molar-refractivity contribution < 1.29 is 14.1 Å². The quantitative estimate of drug-likeness (QED) is 0.391. The zero-order valence-corrected chi connectivity index (χ0v) is 5.27. The highest BCUT2D eigenvalue weighted by Gasteiger charge is 2.30. The Bertz CT molecular complexity index is 158. The average Bonchev–Trinajstić information content (AvgIpc) is 2.10. The van der Waals surface area contributed by atoms with Gasteiger partial charge in [-0.25, -0.2) is 0 Å². The van der Waals surface area contributed by atoms with Gasteiger partial charge in [-0.1, -0.05) is 0 Å². The first-order chi connectivity index (χ1) is 4.24. The zero-order valence-electron chi connectivity index (χ0n) is 4.46. The van der Waals surface area contributed by atoms with Crippen LogP contribution in [0.25, 0.3) is 0 Å². The Morgan fingerprint density at radius 3 is 2.56 bits per heavy atom. The first kappa shape index (κ1) is 6.57. The van der Waals surface area contributed by atoms with Gasteiger partial charge in [-0.2, -0.15) is 0 Å².